The number of hydrogen-bond donors (Lipinski definition) is 1. The van der Waals surface area contributed by atoms with Gasteiger partial charge in [0.1, 0.15) is 17.7 Å². The average molecular weight is 249 g/mol. The second-order valence-electron chi connectivity index (χ2n) is 5.70. The first-order valence-corrected chi connectivity index (χ1v) is 6.88. The molecule has 2 nitrogen and oxygen atoms in total. The molecule has 2 unspecified atom stereocenters. The molecule has 0 heterocycles. The lowest BCUT2D eigenvalue weighted by atomic mass is 9.55. The molecule has 2 atom stereocenters. The van der Waals surface area contributed by atoms with E-state index in [0.29, 0.717) is 5.75 Å². The lowest BCUT2D eigenvalue weighted by molar-refractivity contribution is -0.0899. The number of nitrogens with two attached hydrogens (primary N) is 1. The molecule has 1 aromatic rings. The van der Waals surface area contributed by atoms with E-state index >= 15 is 0 Å². The number of benzene rings is 1. The Morgan fingerprint density at radius 3 is 2.67 bits per heavy atom. The topological polar surface area (TPSA) is 35.2 Å². The van der Waals surface area contributed by atoms with Crippen LogP contribution in [0.1, 0.15) is 38.5 Å². The van der Waals surface area contributed by atoms with Gasteiger partial charge in [-0.05, 0) is 25.0 Å². The van der Waals surface area contributed by atoms with Gasteiger partial charge in [0.15, 0.2) is 0 Å². The van der Waals surface area contributed by atoms with Gasteiger partial charge < -0.3 is 10.5 Å². The summed E-state index contributed by atoms with van der Waals surface area (Å²) < 4.78 is 19.1. The van der Waals surface area contributed by atoms with Crippen molar-refractivity contribution in [2.75, 3.05) is 0 Å². The molecule has 18 heavy (non-hydrogen) atoms. The molecule has 3 rings (SSSR count). The van der Waals surface area contributed by atoms with Crippen molar-refractivity contribution in [3.63, 3.8) is 0 Å². The molecule has 1 aromatic carbocycles. The molecule has 0 amide bonds. The third-order valence-electron chi connectivity index (χ3n) is 4.71. The quantitative estimate of drug-likeness (QED) is 0.873. The van der Waals surface area contributed by atoms with Crippen molar-refractivity contribution in [1.29, 1.82) is 0 Å². The zero-order chi connectivity index (χ0) is 12.6. The minimum atomic E-state index is -0.242. The molecular formula is C15H20FNO. The molecule has 2 N–H and O–H groups in total. The predicted octanol–water partition coefficient (Wildman–Crippen LogP) is 3.25. The highest BCUT2D eigenvalue weighted by atomic mass is 19.1. The van der Waals surface area contributed by atoms with Crippen LogP contribution in [0.25, 0.3) is 0 Å². The Bertz CT molecular complexity index is 428. The lowest BCUT2D eigenvalue weighted by Gasteiger charge is -2.56. The smallest absolute Gasteiger partial charge is 0.126 e. The zero-order valence-electron chi connectivity index (χ0n) is 10.6. The van der Waals surface area contributed by atoms with E-state index in [0.717, 1.165) is 19.3 Å². The van der Waals surface area contributed by atoms with Crippen molar-refractivity contribution in [2.24, 2.45) is 11.1 Å². The third-order valence-corrected chi connectivity index (χ3v) is 4.71. The van der Waals surface area contributed by atoms with Gasteiger partial charge in [0.25, 0.3) is 0 Å². The van der Waals surface area contributed by atoms with Crippen molar-refractivity contribution in [3.8, 4) is 5.75 Å². The number of halogens is 1. The van der Waals surface area contributed by atoms with E-state index in [9.17, 15) is 4.39 Å². The van der Waals surface area contributed by atoms with Crippen LogP contribution in [0, 0.1) is 11.2 Å². The maximum absolute atomic E-state index is 13.1. The van der Waals surface area contributed by atoms with Crippen molar-refractivity contribution in [1.82, 2.24) is 0 Å². The Morgan fingerprint density at radius 2 is 2.00 bits per heavy atom. The second kappa shape index (κ2) is 4.54. The van der Waals surface area contributed by atoms with E-state index in [1.54, 1.807) is 6.07 Å². The Kier molecular flexibility index (Phi) is 3.02. The summed E-state index contributed by atoms with van der Waals surface area (Å²) >= 11 is 0. The molecule has 0 aromatic heterocycles. The zero-order valence-corrected chi connectivity index (χ0v) is 10.6. The molecule has 0 radical (unpaired) electrons. The molecule has 2 aliphatic carbocycles. The van der Waals surface area contributed by atoms with E-state index in [4.69, 9.17) is 10.5 Å². The molecule has 1 spiro atoms. The maximum Gasteiger partial charge on any atom is 0.126 e. The molecule has 0 aliphatic heterocycles. The summed E-state index contributed by atoms with van der Waals surface area (Å²) in [6.07, 6.45) is 7.20. The van der Waals surface area contributed by atoms with Crippen molar-refractivity contribution in [3.05, 3.63) is 30.1 Å². The Labute approximate surface area is 107 Å². The normalized spacial score (nSPS) is 29.9. The van der Waals surface area contributed by atoms with Crippen LogP contribution in [-0.2, 0) is 0 Å². The minimum absolute atomic E-state index is 0.157. The van der Waals surface area contributed by atoms with Crippen LogP contribution in [0.3, 0.4) is 0 Å². The number of rotatable bonds is 2. The first-order chi connectivity index (χ1) is 8.71. The monoisotopic (exact) mass is 249 g/mol. The molecule has 3 heteroatoms. The standard InChI is InChI=1S/C15H20FNO/c16-11-5-4-6-12(9-11)18-14-10-13(17)15(14)7-2-1-3-8-15/h4-6,9,13-14H,1-3,7-8,10,17H2. The summed E-state index contributed by atoms with van der Waals surface area (Å²) in [5, 5.41) is 0. The first kappa shape index (κ1) is 12.0. The Hall–Kier alpha value is -1.09. The molecule has 2 saturated carbocycles. The fourth-order valence-electron chi connectivity index (χ4n) is 3.55. The van der Waals surface area contributed by atoms with Gasteiger partial charge in [-0.2, -0.15) is 0 Å². The van der Waals surface area contributed by atoms with Gasteiger partial charge in [0, 0.05) is 23.9 Å². The Balaban J connectivity index is 1.73. The summed E-state index contributed by atoms with van der Waals surface area (Å²) in [5.41, 5.74) is 6.37. The van der Waals surface area contributed by atoms with E-state index in [-0.39, 0.29) is 23.4 Å². The van der Waals surface area contributed by atoms with E-state index in [2.05, 4.69) is 0 Å². The van der Waals surface area contributed by atoms with Crippen LogP contribution in [0.5, 0.6) is 5.75 Å². The van der Waals surface area contributed by atoms with Crippen LogP contribution in [0.4, 0.5) is 4.39 Å². The van der Waals surface area contributed by atoms with E-state index in [1.165, 1.54) is 31.4 Å². The highest BCUT2D eigenvalue weighted by molar-refractivity contribution is 5.24. The van der Waals surface area contributed by atoms with Gasteiger partial charge >= 0.3 is 0 Å². The molecule has 0 saturated heterocycles. The Morgan fingerprint density at radius 1 is 1.22 bits per heavy atom. The maximum atomic E-state index is 13.1. The first-order valence-electron chi connectivity index (χ1n) is 6.88. The molecule has 98 valence electrons. The molecular weight excluding hydrogens is 229 g/mol. The van der Waals surface area contributed by atoms with Gasteiger partial charge in [-0.25, -0.2) is 4.39 Å². The summed E-state index contributed by atoms with van der Waals surface area (Å²) in [6, 6.07) is 6.67. The van der Waals surface area contributed by atoms with E-state index < -0.39 is 0 Å². The van der Waals surface area contributed by atoms with E-state index in [1.807, 2.05) is 6.07 Å². The summed E-state index contributed by atoms with van der Waals surface area (Å²) in [7, 11) is 0. The van der Waals surface area contributed by atoms with Gasteiger partial charge in [0.2, 0.25) is 0 Å². The molecule has 2 aliphatic rings. The summed E-state index contributed by atoms with van der Waals surface area (Å²) in [6.45, 7) is 0. The van der Waals surface area contributed by atoms with Crippen molar-refractivity contribution >= 4 is 0 Å². The highest BCUT2D eigenvalue weighted by Gasteiger charge is 2.54. The lowest BCUT2D eigenvalue weighted by Crippen LogP contribution is -2.64. The highest BCUT2D eigenvalue weighted by Crippen LogP contribution is 2.52. The minimum Gasteiger partial charge on any atom is -0.490 e. The van der Waals surface area contributed by atoms with Crippen LogP contribution in [0.15, 0.2) is 24.3 Å². The van der Waals surface area contributed by atoms with Gasteiger partial charge in [-0.15, -0.1) is 0 Å². The fourth-order valence-corrected chi connectivity index (χ4v) is 3.55. The van der Waals surface area contributed by atoms with Crippen LogP contribution >= 0.6 is 0 Å². The van der Waals surface area contributed by atoms with Crippen molar-refractivity contribution in [2.45, 2.75) is 50.7 Å². The van der Waals surface area contributed by atoms with Crippen LogP contribution in [-0.4, -0.2) is 12.1 Å². The SMILES string of the molecule is NC1CC(Oc2cccc(F)c2)C12CCCCC2. The number of hydrogen-bond acceptors (Lipinski definition) is 2. The fraction of sp³-hybridized carbons (Fsp3) is 0.600. The van der Waals surface area contributed by atoms with Gasteiger partial charge in [-0.3, -0.25) is 0 Å². The average Bonchev–Trinajstić information content (AvgIpc) is 2.39. The molecule has 0 bridgehead atoms. The van der Waals surface area contributed by atoms with Crippen LogP contribution in [0.2, 0.25) is 0 Å². The molecule has 2 fully saturated rings. The van der Waals surface area contributed by atoms with Gasteiger partial charge in [0.05, 0.1) is 0 Å². The third kappa shape index (κ3) is 1.91. The predicted molar refractivity (Wildman–Crippen MR) is 68.9 cm³/mol. The van der Waals surface area contributed by atoms with Crippen LogP contribution < -0.4 is 10.5 Å². The number of ether oxygens (including phenoxy) is 1. The summed E-state index contributed by atoms with van der Waals surface area (Å²) in [4.78, 5) is 0. The van der Waals surface area contributed by atoms with Gasteiger partial charge in [-0.1, -0.05) is 25.3 Å². The largest absolute Gasteiger partial charge is 0.490 e. The summed E-state index contributed by atoms with van der Waals surface area (Å²) in [5.74, 6) is 0.394. The second-order valence-corrected chi connectivity index (χ2v) is 5.70. The van der Waals surface area contributed by atoms with Crippen molar-refractivity contribution < 1.29 is 9.13 Å².